The minimum Gasteiger partial charge on any atom is -0.449 e. The van der Waals surface area contributed by atoms with Gasteiger partial charge in [0.1, 0.15) is 6.26 Å². The lowest BCUT2D eigenvalue weighted by atomic mass is 10.1. The Labute approximate surface area is 89.8 Å². The molecule has 0 aliphatic carbocycles. The van der Waals surface area contributed by atoms with Crippen LogP contribution in [0.4, 0.5) is 0 Å². The molecule has 84 valence electrons. The smallest absolute Gasteiger partial charge is 0.194 e. The van der Waals surface area contributed by atoms with E-state index >= 15 is 0 Å². The third-order valence-electron chi connectivity index (χ3n) is 2.62. The third kappa shape index (κ3) is 3.04. The average Bonchev–Trinajstić information content (AvgIpc) is 2.77. The molecule has 1 aliphatic rings. The summed E-state index contributed by atoms with van der Waals surface area (Å²) in [5.41, 5.74) is 6.65. The standard InChI is InChI=1S/C11H18N2O2/c1-8(12)4-10-7-15-11(13-10)5-9-2-3-14-6-9/h7-9H,2-6,12H2,1H3. The molecule has 1 aromatic rings. The normalized spacial score (nSPS) is 23.2. The second-order valence-corrected chi connectivity index (χ2v) is 4.35. The SMILES string of the molecule is CC(N)Cc1coc(CC2CCOC2)n1. The van der Waals surface area contributed by atoms with Crippen molar-refractivity contribution < 1.29 is 9.15 Å². The molecular weight excluding hydrogens is 192 g/mol. The predicted molar refractivity (Wildman–Crippen MR) is 56.5 cm³/mol. The van der Waals surface area contributed by atoms with Crippen LogP contribution in [-0.4, -0.2) is 24.2 Å². The second kappa shape index (κ2) is 4.77. The van der Waals surface area contributed by atoms with E-state index in [1.54, 1.807) is 6.26 Å². The highest BCUT2D eigenvalue weighted by Gasteiger charge is 2.18. The van der Waals surface area contributed by atoms with E-state index in [-0.39, 0.29) is 6.04 Å². The maximum atomic E-state index is 5.70. The van der Waals surface area contributed by atoms with Gasteiger partial charge in [-0.3, -0.25) is 0 Å². The van der Waals surface area contributed by atoms with Gasteiger partial charge >= 0.3 is 0 Å². The molecule has 1 aromatic heterocycles. The molecule has 2 unspecified atom stereocenters. The van der Waals surface area contributed by atoms with Crippen LogP contribution in [0.25, 0.3) is 0 Å². The Kier molecular flexibility index (Phi) is 3.38. The summed E-state index contributed by atoms with van der Waals surface area (Å²) in [4.78, 5) is 4.41. The van der Waals surface area contributed by atoms with Gasteiger partial charge in [0.2, 0.25) is 0 Å². The Balaban J connectivity index is 1.88. The minimum atomic E-state index is 0.137. The molecule has 1 fully saturated rings. The number of nitrogens with zero attached hydrogens (tertiary/aromatic N) is 1. The lowest BCUT2D eigenvalue weighted by Gasteiger charge is -2.02. The topological polar surface area (TPSA) is 61.3 Å². The molecule has 0 bridgehead atoms. The molecule has 2 heterocycles. The highest BCUT2D eigenvalue weighted by molar-refractivity contribution is 4.99. The molecule has 0 saturated carbocycles. The zero-order valence-electron chi connectivity index (χ0n) is 9.11. The summed E-state index contributed by atoms with van der Waals surface area (Å²) in [5.74, 6) is 1.40. The van der Waals surface area contributed by atoms with Crippen molar-refractivity contribution in [2.24, 2.45) is 11.7 Å². The van der Waals surface area contributed by atoms with Crippen LogP contribution in [0.2, 0.25) is 0 Å². The van der Waals surface area contributed by atoms with Crippen molar-refractivity contribution in [2.45, 2.75) is 32.2 Å². The Morgan fingerprint density at radius 3 is 3.20 bits per heavy atom. The molecule has 0 radical (unpaired) electrons. The number of ether oxygens (including phenoxy) is 1. The predicted octanol–water partition coefficient (Wildman–Crippen LogP) is 1.14. The molecule has 2 rings (SSSR count). The fourth-order valence-corrected chi connectivity index (χ4v) is 1.86. The van der Waals surface area contributed by atoms with Gasteiger partial charge < -0.3 is 14.9 Å². The van der Waals surface area contributed by atoms with Crippen LogP contribution in [-0.2, 0) is 17.6 Å². The van der Waals surface area contributed by atoms with E-state index in [2.05, 4.69) is 4.98 Å². The van der Waals surface area contributed by atoms with Crippen LogP contribution in [0.15, 0.2) is 10.7 Å². The van der Waals surface area contributed by atoms with Gasteiger partial charge in [0.15, 0.2) is 5.89 Å². The van der Waals surface area contributed by atoms with E-state index in [9.17, 15) is 0 Å². The largest absolute Gasteiger partial charge is 0.449 e. The van der Waals surface area contributed by atoms with Crippen LogP contribution < -0.4 is 5.73 Å². The van der Waals surface area contributed by atoms with Gasteiger partial charge in [0.05, 0.1) is 5.69 Å². The zero-order valence-corrected chi connectivity index (χ0v) is 9.11. The fourth-order valence-electron chi connectivity index (χ4n) is 1.86. The van der Waals surface area contributed by atoms with Crippen LogP contribution >= 0.6 is 0 Å². The molecule has 4 heteroatoms. The summed E-state index contributed by atoms with van der Waals surface area (Å²) in [6.07, 6.45) is 4.50. The number of hydrogen-bond donors (Lipinski definition) is 1. The van der Waals surface area contributed by atoms with Crippen molar-refractivity contribution in [1.29, 1.82) is 0 Å². The molecule has 2 N–H and O–H groups in total. The van der Waals surface area contributed by atoms with Gasteiger partial charge in [-0.25, -0.2) is 4.98 Å². The maximum Gasteiger partial charge on any atom is 0.194 e. The van der Waals surface area contributed by atoms with Crippen molar-refractivity contribution in [1.82, 2.24) is 4.98 Å². The number of rotatable bonds is 4. The van der Waals surface area contributed by atoms with E-state index in [4.69, 9.17) is 14.9 Å². The molecule has 4 nitrogen and oxygen atoms in total. The van der Waals surface area contributed by atoms with Crippen molar-refractivity contribution in [2.75, 3.05) is 13.2 Å². The third-order valence-corrected chi connectivity index (χ3v) is 2.62. The Morgan fingerprint density at radius 1 is 1.67 bits per heavy atom. The van der Waals surface area contributed by atoms with Gasteiger partial charge in [-0.15, -0.1) is 0 Å². The summed E-state index contributed by atoms with van der Waals surface area (Å²) in [6, 6.07) is 0.137. The molecule has 2 atom stereocenters. The maximum absolute atomic E-state index is 5.70. The Hall–Kier alpha value is -0.870. The Bertz CT molecular complexity index is 303. The summed E-state index contributed by atoms with van der Waals surface area (Å²) in [7, 11) is 0. The number of oxazole rings is 1. The van der Waals surface area contributed by atoms with Crippen molar-refractivity contribution >= 4 is 0 Å². The van der Waals surface area contributed by atoms with Gasteiger partial charge in [-0.05, 0) is 19.3 Å². The number of nitrogens with two attached hydrogens (primary N) is 1. The average molecular weight is 210 g/mol. The van der Waals surface area contributed by atoms with E-state index in [1.807, 2.05) is 6.92 Å². The monoisotopic (exact) mass is 210 g/mol. The van der Waals surface area contributed by atoms with Crippen LogP contribution in [0, 0.1) is 5.92 Å². The van der Waals surface area contributed by atoms with Crippen molar-refractivity contribution in [3.8, 4) is 0 Å². The number of hydrogen-bond acceptors (Lipinski definition) is 4. The number of aromatic nitrogens is 1. The van der Waals surface area contributed by atoms with E-state index in [1.165, 1.54) is 0 Å². The summed E-state index contributed by atoms with van der Waals surface area (Å²) < 4.78 is 10.7. The first-order chi connectivity index (χ1) is 7.24. The van der Waals surface area contributed by atoms with Gasteiger partial charge in [-0.2, -0.15) is 0 Å². The van der Waals surface area contributed by atoms with Crippen molar-refractivity contribution in [3.63, 3.8) is 0 Å². The second-order valence-electron chi connectivity index (χ2n) is 4.35. The Morgan fingerprint density at radius 2 is 2.53 bits per heavy atom. The van der Waals surface area contributed by atoms with E-state index in [0.29, 0.717) is 5.92 Å². The first kappa shape index (κ1) is 10.6. The minimum absolute atomic E-state index is 0.137. The molecule has 1 aliphatic heterocycles. The first-order valence-electron chi connectivity index (χ1n) is 5.50. The van der Waals surface area contributed by atoms with Crippen LogP contribution in [0.1, 0.15) is 24.9 Å². The molecular formula is C11H18N2O2. The zero-order chi connectivity index (χ0) is 10.7. The van der Waals surface area contributed by atoms with Crippen LogP contribution in [0.5, 0.6) is 0 Å². The van der Waals surface area contributed by atoms with Crippen molar-refractivity contribution in [3.05, 3.63) is 17.8 Å². The van der Waals surface area contributed by atoms with Crippen LogP contribution in [0.3, 0.4) is 0 Å². The van der Waals surface area contributed by atoms with E-state index < -0.39 is 0 Å². The lowest BCUT2D eigenvalue weighted by Crippen LogP contribution is -2.18. The highest BCUT2D eigenvalue weighted by atomic mass is 16.5. The van der Waals surface area contributed by atoms with E-state index in [0.717, 1.165) is 44.1 Å². The lowest BCUT2D eigenvalue weighted by molar-refractivity contribution is 0.184. The molecule has 0 spiro atoms. The van der Waals surface area contributed by atoms with Gasteiger partial charge in [0, 0.05) is 32.1 Å². The fraction of sp³-hybridized carbons (Fsp3) is 0.727. The molecule has 15 heavy (non-hydrogen) atoms. The molecule has 1 saturated heterocycles. The summed E-state index contributed by atoms with van der Waals surface area (Å²) >= 11 is 0. The first-order valence-corrected chi connectivity index (χ1v) is 5.50. The quantitative estimate of drug-likeness (QED) is 0.809. The molecule has 0 amide bonds. The van der Waals surface area contributed by atoms with Gasteiger partial charge in [0.25, 0.3) is 0 Å². The highest BCUT2D eigenvalue weighted by Crippen LogP contribution is 2.18. The van der Waals surface area contributed by atoms with Gasteiger partial charge in [-0.1, -0.05) is 0 Å². The summed E-state index contributed by atoms with van der Waals surface area (Å²) in [5, 5.41) is 0. The summed E-state index contributed by atoms with van der Waals surface area (Å²) in [6.45, 7) is 3.68. The molecule has 0 aromatic carbocycles.